The number of carboxylic acids is 2. The number of aliphatic carboxylic acids is 2. The predicted octanol–water partition coefficient (Wildman–Crippen LogP) is 6.70. The Kier molecular flexibility index (Phi) is 15.0. The number of rotatable bonds is 14. The predicted molar refractivity (Wildman–Crippen MR) is 198 cm³/mol. The zero-order chi connectivity index (χ0) is 39.9. The molecule has 0 heterocycles. The fraction of sp³-hybridized carbons (Fsp3) is 0.925. The first kappa shape index (κ1) is 42.7. The molecule has 6 aliphatic rings. The molecule has 0 saturated heterocycles. The van der Waals surface area contributed by atoms with Crippen LogP contribution in [0.4, 0.5) is 0 Å². The largest absolute Gasteiger partial charge is 0.481 e. The summed E-state index contributed by atoms with van der Waals surface area (Å²) in [6, 6.07) is -2.27. The fourth-order valence-electron chi connectivity index (χ4n) is 11.7. The first-order chi connectivity index (χ1) is 26.9. The van der Waals surface area contributed by atoms with Crippen LogP contribution in [-0.4, -0.2) is 91.9 Å². The number of ether oxygens (including phenoxy) is 3. The van der Waals surface area contributed by atoms with Gasteiger partial charge in [0.25, 0.3) is 0 Å². The van der Waals surface area contributed by atoms with E-state index in [1.54, 1.807) is 0 Å². The molecule has 316 valence electrons. The molecule has 6 rings (SSSR count). The van der Waals surface area contributed by atoms with E-state index in [0.717, 1.165) is 77.0 Å². The summed E-state index contributed by atoms with van der Waals surface area (Å²) in [5.74, 6) is -5.93. The van der Waals surface area contributed by atoms with Gasteiger partial charge in [0.05, 0.1) is 42.2 Å². The summed E-state index contributed by atoms with van der Waals surface area (Å²) in [6.07, 6.45) is 15.4. The van der Waals surface area contributed by atoms with Gasteiger partial charge in [-0.3, -0.25) is 39.9 Å². The topological polar surface area (TPSA) is 235 Å². The standard InChI is InChI=1S/C40H62N2O14/c43-38(44)31-3-1-5-33(41(48)49)35(31)37(56-52)25-11-17-28(18-12-25)53-26-13-7-23(8-14-26)24-9-15-27(16-10-24)54-29-19-21-30(22-20-29)55-40(47)36-32(39(45)46)4-2-6-34(36)42(50)51/h23-37,52H,1-22H2,(H,43,44)(H,45,46). The average molecular weight is 795 g/mol. The van der Waals surface area contributed by atoms with Crippen LogP contribution in [0.15, 0.2) is 0 Å². The van der Waals surface area contributed by atoms with E-state index < -0.39 is 69.6 Å². The molecule has 0 aromatic heterocycles. The molecule has 56 heavy (non-hydrogen) atoms. The third-order valence-electron chi connectivity index (χ3n) is 14.7. The first-order valence-electron chi connectivity index (χ1n) is 21.5. The van der Waals surface area contributed by atoms with Crippen LogP contribution in [0.3, 0.4) is 0 Å². The minimum atomic E-state index is -1.25. The van der Waals surface area contributed by atoms with Gasteiger partial charge in [-0.1, -0.05) is 0 Å². The lowest BCUT2D eigenvalue weighted by Gasteiger charge is -2.42. The molecule has 6 fully saturated rings. The molecule has 0 amide bonds. The fourth-order valence-corrected chi connectivity index (χ4v) is 11.7. The molecule has 0 aliphatic heterocycles. The van der Waals surface area contributed by atoms with Crippen LogP contribution in [0.5, 0.6) is 0 Å². The van der Waals surface area contributed by atoms with E-state index in [1.165, 1.54) is 0 Å². The van der Waals surface area contributed by atoms with Gasteiger partial charge in [-0.25, -0.2) is 4.89 Å². The van der Waals surface area contributed by atoms with Crippen LogP contribution in [0.25, 0.3) is 0 Å². The summed E-state index contributed by atoms with van der Waals surface area (Å²) in [6.45, 7) is 0. The minimum absolute atomic E-state index is 0.0797. The van der Waals surface area contributed by atoms with Crippen molar-refractivity contribution in [1.29, 1.82) is 0 Å². The first-order valence-corrected chi connectivity index (χ1v) is 21.5. The van der Waals surface area contributed by atoms with E-state index in [9.17, 15) is 50.1 Å². The molecule has 7 atom stereocenters. The number of esters is 1. The van der Waals surface area contributed by atoms with Crippen molar-refractivity contribution < 1.29 is 58.8 Å². The summed E-state index contributed by atoms with van der Waals surface area (Å²) in [5.41, 5.74) is 0. The van der Waals surface area contributed by atoms with Crippen LogP contribution in [-0.2, 0) is 33.5 Å². The number of carboxylic acid groups (broad SMARTS) is 2. The van der Waals surface area contributed by atoms with Gasteiger partial charge in [-0.2, -0.15) is 0 Å². The van der Waals surface area contributed by atoms with Gasteiger partial charge in [0, 0.05) is 22.7 Å². The van der Waals surface area contributed by atoms with Crippen LogP contribution in [0, 0.1) is 61.7 Å². The number of nitrogens with zero attached hydrogens (tertiary/aromatic N) is 2. The second-order valence-corrected chi connectivity index (χ2v) is 17.8. The highest BCUT2D eigenvalue weighted by Crippen LogP contribution is 2.44. The summed E-state index contributed by atoms with van der Waals surface area (Å²) in [5, 5.41) is 52.8. The van der Waals surface area contributed by atoms with E-state index in [-0.39, 0.29) is 49.3 Å². The molecule has 7 unspecified atom stereocenters. The molecule has 3 N–H and O–H groups in total. The van der Waals surface area contributed by atoms with Gasteiger partial charge in [-0.15, -0.1) is 0 Å². The highest BCUT2D eigenvalue weighted by atomic mass is 17.1. The molecule has 0 aromatic carbocycles. The molecular formula is C40H62N2O14. The Hall–Kier alpha value is -2.95. The molecule has 16 heteroatoms. The molecule has 16 nitrogen and oxygen atoms in total. The summed E-state index contributed by atoms with van der Waals surface area (Å²) in [7, 11) is 0. The van der Waals surface area contributed by atoms with Crippen molar-refractivity contribution in [1.82, 2.24) is 0 Å². The Morgan fingerprint density at radius 2 is 0.946 bits per heavy atom. The van der Waals surface area contributed by atoms with Crippen molar-refractivity contribution in [2.75, 3.05) is 0 Å². The van der Waals surface area contributed by atoms with Crippen molar-refractivity contribution in [3.05, 3.63) is 20.2 Å². The maximum Gasteiger partial charge on any atom is 0.317 e. The maximum absolute atomic E-state index is 13.0. The van der Waals surface area contributed by atoms with E-state index in [0.29, 0.717) is 63.2 Å². The van der Waals surface area contributed by atoms with Crippen molar-refractivity contribution in [3.8, 4) is 0 Å². The number of nitro groups is 2. The van der Waals surface area contributed by atoms with Crippen LogP contribution in [0.2, 0.25) is 0 Å². The van der Waals surface area contributed by atoms with Gasteiger partial charge in [0.1, 0.15) is 18.1 Å². The molecule has 0 spiro atoms. The lowest BCUT2D eigenvalue weighted by Crippen LogP contribution is -2.51. The summed E-state index contributed by atoms with van der Waals surface area (Å²) in [4.78, 5) is 64.2. The summed E-state index contributed by atoms with van der Waals surface area (Å²) < 4.78 is 18.8. The maximum atomic E-state index is 13.0. The average Bonchev–Trinajstić information content (AvgIpc) is 3.19. The molecule has 6 aliphatic carbocycles. The van der Waals surface area contributed by atoms with Crippen molar-refractivity contribution in [2.45, 2.75) is 190 Å². The lowest BCUT2D eigenvalue weighted by molar-refractivity contribution is -0.544. The number of hydrogen-bond donors (Lipinski definition) is 3. The Morgan fingerprint density at radius 3 is 1.39 bits per heavy atom. The number of hydrogen-bond acceptors (Lipinski definition) is 12. The van der Waals surface area contributed by atoms with E-state index in [1.807, 2.05) is 0 Å². The Labute approximate surface area is 327 Å². The summed E-state index contributed by atoms with van der Waals surface area (Å²) >= 11 is 0. The SMILES string of the molecule is O=C(O)C1CCCC([N+](=O)[O-])C1C(=O)OC1CCC(OC2CCC(C3CCC(OC4CCC(C(OO)C5C(C(=O)O)CCCC5[N+](=O)[O-])CC4)CC3)CC2)CC1. The van der Waals surface area contributed by atoms with Gasteiger partial charge in [-0.05, 0) is 146 Å². The van der Waals surface area contributed by atoms with Crippen LogP contribution < -0.4 is 0 Å². The zero-order valence-electron chi connectivity index (χ0n) is 32.4. The van der Waals surface area contributed by atoms with Gasteiger partial charge >= 0.3 is 17.9 Å². The van der Waals surface area contributed by atoms with E-state index in [2.05, 4.69) is 0 Å². The number of carbonyl (C=O) groups is 3. The Bertz CT molecular complexity index is 1310. The quantitative estimate of drug-likeness (QED) is 0.0718. The van der Waals surface area contributed by atoms with Crippen molar-refractivity contribution >= 4 is 17.9 Å². The second-order valence-electron chi connectivity index (χ2n) is 17.8. The smallest absolute Gasteiger partial charge is 0.317 e. The van der Waals surface area contributed by atoms with Crippen LogP contribution in [0.1, 0.15) is 141 Å². The minimum Gasteiger partial charge on any atom is -0.481 e. The van der Waals surface area contributed by atoms with E-state index in [4.69, 9.17) is 19.1 Å². The highest BCUT2D eigenvalue weighted by Gasteiger charge is 2.52. The molecule has 0 aromatic rings. The molecule has 0 radical (unpaired) electrons. The van der Waals surface area contributed by atoms with Crippen molar-refractivity contribution in [2.24, 2.45) is 41.4 Å². The lowest BCUT2D eigenvalue weighted by atomic mass is 9.68. The third kappa shape index (κ3) is 10.4. The normalized spacial score (nSPS) is 40.2. The molecule has 6 saturated carbocycles. The monoisotopic (exact) mass is 794 g/mol. The molecular weight excluding hydrogens is 732 g/mol. The van der Waals surface area contributed by atoms with Gasteiger partial charge in [0.15, 0.2) is 0 Å². The van der Waals surface area contributed by atoms with Gasteiger partial charge < -0.3 is 24.4 Å². The van der Waals surface area contributed by atoms with Crippen LogP contribution >= 0.6 is 0 Å². The van der Waals surface area contributed by atoms with Crippen molar-refractivity contribution in [3.63, 3.8) is 0 Å². The van der Waals surface area contributed by atoms with E-state index >= 15 is 0 Å². The highest BCUT2D eigenvalue weighted by molar-refractivity contribution is 5.82. The Balaban J connectivity index is 0.866. The van der Waals surface area contributed by atoms with Gasteiger partial charge in [0.2, 0.25) is 12.1 Å². The number of carbonyl (C=O) groups excluding carboxylic acids is 1. The second kappa shape index (κ2) is 19.7. The zero-order valence-corrected chi connectivity index (χ0v) is 32.4. The third-order valence-corrected chi connectivity index (χ3v) is 14.7. The molecule has 0 bridgehead atoms. The Morgan fingerprint density at radius 1 is 0.536 bits per heavy atom.